The number of esters is 1. The lowest BCUT2D eigenvalue weighted by molar-refractivity contribution is -0.150. The van der Waals surface area contributed by atoms with E-state index in [1.54, 1.807) is 0 Å². The summed E-state index contributed by atoms with van der Waals surface area (Å²) in [6.45, 7) is 0.676. The Hall–Kier alpha value is -2.78. The van der Waals surface area contributed by atoms with Crippen LogP contribution in [0.2, 0.25) is 0 Å². The van der Waals surface area contributed by atoms with Gasteiger partial charge in [0.1, 0.15) is 6.61 Å². The third-order valence-corrected chi connectivity index (χ3v) is 3.76. The Morgan fingerprint density at radius 1 is 1.04 bits per heavy atom. The van der Waals surface area contributed by atoms with E-state index in [1.165, 1.54) is 0 Å². The second kappa shape index (κ2) is 10.1. The molecule has 0 saturated carbocycles. The lowest BCUT2D eigenvalue weighted by Crippen LogP contribution is -2.20. The van der Waals surface area contributed by atoms with E-state index in [2.05, 4.69) is 10.0 Å². The molecule has 0 aliphatic rings. The molecular weight excluding hydrogens is 302 g/mol. The van der Waals surface area contributed by atoms with E-state index < -0.39 is 0 Å². The number of azide groups is 1. The van der Waals surface area contributed by atoms with E-state index in [4.69, 9.17) is 10.3 Å². The van der Waals surface area contributed by atoms with Gasteiger partial charge in [-0.2, -0.15) is 0 Å². The molecule has 2 aromatic carbocycles. The third-order valence-electron chi connectivity index (χ3n) is 3.76. The Balaban J connectivity index is 1.94. The summed E-state index contributed by atoms with van der Waals surface area (Å²) in [6.07, 6.45) is 1.94. The van der Waals surface area contributed by atoms with Crippen LogP contribution >= 0.6 is 0 Å². The predicted octanol–water partition coefficient (Wildman–Crippen LogP) is 4.68. The molecule has 1 atom stereocenters. The molecule has 0 saturated heterocycles. The first kappa shape index (κ1) is 17.6. The van der Waals surface area contributed by atoms with Crippen LogP contribution < -0.4 is 0 Å². The summed E-state index contributed by atoms with van der Waals surface area (Å²) < 4.78 is 5.48. The van der Waals surface area contributed by atoms with Gasteiger partial charge in [-0.15, -0.1) is 0 Å². The molecule has 0 aliphatic carbocycles. The standard InChI is InChI=1S/C19H21N3O2/c20-22-21-13-7-12-18(14-16-8-3-1-4-9-16)19(23)24-15-17-10-5-2-6-11-17/h1-6,8-11,18H,7,12-15H2/t18-/m0/s1. The second-order valence-corrected chi connectivity index (χ2v) is 5.58. The Morgan fingerprint density at radius 2 is 1.67 bits per heavy atom. The molecule has 0 fully saturated rings. The molecule has 124 valence electrons. The van der Waals surface area contributed by atoms with Gasteiger partial charge in [0.25, 0.3) is 0 Å². The maximum atomic E-state index is 12.5. The van der Waals surface area contributed by atoms with Crippen LogP contribution in [0.4, 0.5) is 0 Å². The van der Waals surface area contributed by atoms with Crippen molar-refractivity contribution in [2.45, 2.75) is 25.9 Å². The van der Waals surface area contributed by atoms with E-state index in [9.17, 15) is 4.79 Å². The van der Waals surface area contributed by atoms with Crippen LogP contribution in [-0.4, -0.2) is 12.5 Å². The van der Waals surface area contributed by atoms with Crippen molar-refractivity contribution in [2.24, 2.45) is 11.0 Å². The summed E-state index contributed by atoms with van der Waals surface area (Å²) in [6, 6.07) is 19.5. The molecule has 0 aromatic heterocycles. The molecule has 0 heterocycles. The summed E-state index contributed by atoms with van der Waals surface area (Å²) in [7, 11) is 0. The molecule has 0 radical (unpaired) electrons. The van der Waals surface area contributed by atoms with E-state index in [0.717, 1.165) is 11.1 Å². The van der Waals surface area contributed by atoms with Crippen molar-refractivity contribution < 1.29 is 9.53 Å². The highest BCUT2D eigenvalue weighted by atomic mass is 16.5. The van der Waals surface area contributed by atoms with Crippen molar-refractivity contribution in [3.63, 3.8) is 0 Å². The highest BCUT2D eigenvalue weighted by molar-refractivity contribution is 5.72. The average Bonchev–Trinajstić information content (AvgIpc) is 2.64. The zero-order chi connectivity index (χ0) is 17.0. The first-order valence-corrected chi connectivity index (χ1v) is 8.05. The van der Waals surface area contributed by atoms with E-state index >= 15 is 0 Å². The number of hydrogen-bond acceptors (Lipinski definition) is 3. The number of benzene rings is 2. The Bertz CT molecular complexity index is 668. The van der Waals surface area contributed by atoms with Crippen LogP contribution in [0.25, 0.3) is 10.4 Å². The topological polar surface area (TPSA) is 75.1 Å². The van der Waals surface area contributed by atoms with Crippen LogP contribution in [0.1, 0.15) is 24.0 Å². The number of ether oxygens (including phenoxy) is 1. The Morgan fingerprint density at radius 3 is 2.29 bits per heavy atom. The largest absolute Gasteiger partial charge is 0.461 e. The van der Waals surface area contributed by atoms with Gasteiger partial charge in [-0.1, -0.05) is 65.8 Å². The van der Waals surface area contributed by atoms with Crippen molar-refractivity contribution in [3.05, 3.63) is 82.2 Å². The Labute approximate surface area is 141 Å². The fourth-order valence-corrected chi connectivity index (χ4v) is 2.50. The highest BCUT2D eigenvalue weighted by Gasteiger charge is 2.20. The number of carbonyl (C=O) groups excluding carboxylic acids is 1. The third kappa shape index (κ3) is 6.15. The van der Waals surface area contributed by atoms with Crippen molar-refractivity contribution in [2.75, 3.05) is 6.54 Å². The van der Waals surface area contributed by atoms with Crippen LogP contribution in [0.5, 0.6) is 0 Å². The summed E-state index contributed by atoms with van der Waals surface area (Å²) >= 11 is 0. The zero-order valence-electron chi connectivity index (χ0n) is 13.5. The molecule has 0 amide bonds. The lowest BCUT2D eigenvalue weighted by atomic mass is 9.95. The monoisotopic (exact) mass is 323 g/mol. The molecule has 2 rings (SSSR count). The van der Waals surface area contributed by atoms with Gasteiger partial charge in [0.15, 0.2) is 0 Å². The summed E-state index contributed by atoms with van der Waals surface area (Å²) in [5.41, 5.74) is 10.4. The van der Waals surface area contributed by atoms with Crippen molar-refractivity contribution >= 4 is 5.97 Å². The normalized spacial score (nSPS) is 11.3. The molecule has 0 N–H and O–H groups in total. The van der Waals surface area contributed by atoms with Crippen LogP contribution in [0, 0.1) is 5.92 Å². The number of nitrogens with zero attached hydrogens (tertiary/aromatic N) is 3. The van der Waals surface area contributed by atoms with Gasteiger partial charge in [0, 0.05) is 11.5 Å². The quantitative estimate of drug-likeness (QED) is 0.221. The van der Waals surface area contributed by atoms with Gasteiger partial charge in [0.2, 0.25) is 0 Å². The summed E-state index contributed by atoms with van der Waals surface area (Å²) in [5, 5.41) is 3.53. The van der Waals surface area contributed by atoms with Crippen LogP contribution in [-0.2, 0) is 22.6 Å². The van der Waals surface area contributed by atoms with Gasteiger partial charge < -0.3 is 4.74 Å². The van der Waals surface area contributed by atoms with E-state index in [0.29, 0.717) is 25.8 Å². The molecular formula is C19H21N3O2. The maximum absolute atomic E-state index is 12.5. The first-order chi connectivity index (χ1) is 11.8. The summed E-state index contributed by atoms with van der Waals surface area (Å²) in [5.74, 6) is -0.436. The second-order valence-electron chi connectivity index (χ2n) is 5.58. The molecule has 5 heteroatoms. The zero-order valence-corrected chi connectivity index (χ0v) is 13.5. The lowest BCUT2D eigenvalue weighted by Gasteiger charge is -2.16. The van der Waals surface area contributed by atoms with Crippen LogP contribution in [0.3, 0.4) is 0 Å². The maximum Gasteiger partial charge on any atom is 0.309 e. The molecule has 0 bridgehead atoms. The SMILES string of the molecule is [N-]=[N+]=NCCC[C@@H](Cc1ccccc1)C(=O)OCc1ccccc1. The molecule has 0 aliphatic heterocycles. The first-order valence-electron chi connectivity index (χ1n) is 8.05. The fourth-order valence-electron chi connectivity index (χ4n) is 2.50. The minimum atomic E-state index is -0.231. The fraction of sp³-hybridized carbons (Fsp3) is 0.316. The van der Waals surface area contributed by atoms with E-state index in [1.807, 2.05) is 60.7 Å². The van der Waals surface area contributed by atoms with Crippen LogP contribution in [0.15, 0.2) is 65.8 Å². The number of rotatable bonds is 9. The number of carbonyl (C=O) groups is 1. The van der Waals surface area contributed by atoms with Crippen molar-refractivity contribution in [1.29, 1.82) is 0 Å². The van der Waals surface area contributed by atoms with Gasteiger partial charge in [-0.05, 0) is 35.9 Å². The van der Waals surface area contributed by atoms with Crippen molar-refractivity contribution in [3.8, 4) is 0 Å². The van der Waals surface area contributed by atoms with Gasteiger partial charge in [-0.3, -0.25) is 4.79 Å². The van der Waals surface area contributed by atoms with Gasteiger partial charge in [-0.25, -0.2) is 0 Å². The smallest absolute Gasteiger partial charge is 0.309 e. The summed E-state index contributed by atoms with van der Waals surface area (Å²) in [4.78, 5) is 15.2. The van der Waals surface area contributed by atoms with Crippen molar-refractivity contribution in [1.82, 2.24) is 0 Å². The molecule has 24 heavy (non-hydrogen) atoms. The molecule has 5 nitrogen and oxygen atoms in total. The highest BCUT2D eigenvalue weighted by Crippen LogP contribution is 2.17. The van der Waals surface area contributed by atoms with E-state index in [-0.39, 0.29) is 18.5 Å². The predicted molar refractivity (Wildman–Crippen MR) is 93.1 cm³/mol. The van der Waals surface area contributed by atoms with Gasteiger partial charge >= 0.3 is 5.97 Å². The molecule has 0 spiro atoms. The average molecular weight is 323 g/mol. The Kier molecular flexibility index (Phi) is 7.38. The van der Waals surface area contributed by atoms with Gasteiger partial charge in [0.05, 0.1) is 5.92 Å². The minimum absolute atomic E-state index is 0.205. The number of hydrogen-bond donors (Lipinski definition) is 0. The minimum Gasteiger partial charge on any atom is -0.461 e. The molecule has 2 aromatic rings. The molecule has 0 unspecified atom stereocenters.